The summed E-state index contributed by atoms with van der Waals surface area (Å²) in [5.74, 6) is 0.344. The number of primary amides is 1. The molecule has 1 heterocycles. The quantitative estimate of drug-likeness (QED) is 0.718. The van der Waals surface area contributed by atoms with E-state index in [1.165, 1.54) is 32.1 Å². The van der Waals surface area contributed by atoms with Crippen molar-refractivity contribution in [2.24, 2.45) is 17.1 Å². The summed E-state index contributed by atoms with van der Waals surface area (Å²) in [6.07, 6.45) is 8.46. The molecule has 21 heavy (non-hydrogen) atoms. The molecule has 0 spiro atoms. The number of nitrogens with zero attached hydrogens (tertiary/aromatic N) is 1. The Kier molecular flexibility index (Phi) is 4.04. The minimum absolute atomic E-state index is 0.123. The van der Waals surface area contributed by atoms with E-state index in [4.69, 9.17) is 5.73 Å². The Balaban J connectivity index is 1.71. The van der Waals surface area contributed by atoms with Gasteiger partial charge in [-0.1, -0.05) is 13.8 Å². The largest absolute Gasteiger partial charge is 0.368 e. The third kappa shape index (κ3) is 2.98. The maximum absolute atomic E-state index is 12.3. The minimum atomic E-state index is -0.460. The van der Waals surface area contributed by atoms with Crippen LogP contribution in [0.25, 0.3) is 0 Å². The highest BCUT2D eigenvalue weighted by molar-refractivity contribution is 5.86. The molecule has 0 bridgehead atoms. The molecule has 4 heteroatoms. The first kappa shape index (κ1) is 15.3. The smallest absolute Gasteiger partial charge is 0.239 e. The van der Waals surface area contributed by atoms with E-state index in [0.717, 1.165) is 32.5 Å². The van der Waals surface area contributed by atoms with Gasteiger partial charge in [-0.25, -0.2) is 0 Å². The van der Waals surface area contributed by atoms with E-state index in [1.807, 2.05) is 0 Å². The second kappa shape index (κ2) is 5.54. The molecular formula is C17H31N3O. The summed E-state index contributed by atoms with van der Waals surface area (Å²) in [5.41, 5.74) is 5.88. The van der Waals surface area contributed by atoms with Gasteiger partial charge < -0.3 is 10.6 Å². The lowest BCUT2D eigenvalue weighted by Crippen LogP contribution is -2.63. The van der Waals surface area contributed by atoms with Crippen LogP contribution in [0.1, 0.15) is 58.8 Å². The highest BCUT2D eigenvalue weighted by Gasteiger charge is 2.53. The fourth-order valence-corrected chi connectivity index (χ4v) is 4.15. The van der Waals surface area contributed by atoms with Crippen molar-refractivity contribution in [3.8, 4) is 0 Å². The lowest BCUT2D eigenvalue weighted by atomic mass is 9.82. The molecule has 1 aliphatic heterocycles. The van der Waals surface area contributed by atoms with Crippen molar-refractivity contribution in [1.29, 1.82) is 0 Å². The number of hydrogen-bond acceptors (Lipinski definition) is 3. The molecule has 3 aliphatic rings. The summed E-state index contributed by atoms with van der Waals surface area (Å²) >= 11 is 0. The average molecular weight is 293 g/mol. The predicted molar refractivity (Wildman–Crippen MR) is 84.9 cm³/mol. The van der Waals surface area contributed by atoms with Crippen LogP contribution in [0.2, 0.25) is 0 Å². The Morgan fingerprint density at radius 1 is 1.29 bits per heavy atom. The van der Waals surface area contributed by atoms with Gasteiger partial charge in [0.15, 0.2) is 0 Å². The molecule has 1 atom stereocenters. The van der Waals surface area contributed by atoms with E-state index in [1.54, 1.807) is 0 Å². The summed E-state index contributed by atoms with van der Waals surface area (Å²) in [5, 5.41) is 3.64. The van der Waals surface area contributed by atoms with E-state index in [-0.39, 0.29) is 5.91 Å². The molecule has 120 valence electrons. The first-order valence-corrected chi connectivity index (χ1v) is 8.83. The van der Waals surface area contributed by atoms with Crippen LogP contribution >= 0.6 is 0 Å². The van der Waals surface area contributed by atoms with Crippen molar-refractivity contribution in [2.75, 3.05) is 19.6 Å². The van der Waals surface area contributed by atoms with E-state index in [2.05, 4.69) is 24.1 Å². The van der Waals surface area contributed by atoms with Crippen molar-refractivity contribution < 1.29 is 4.79 Å². The summed E-state index contributed by atoms with van der Waals surface area (Å²) < 4.78 is 0. The summed E-state index contributed by atoms with van der Waals surface area (Å²) in [6, 6.07) is 0.530. The molecule has 3 fully saturated rings. The van der Waals surface area contributed by atoms with Gasteiger partial charge in [0.25, 0.3) is 0 Å². The molecule has 0 aromatic carbocycles. The summed E-state index contributed by atoms with van der Waals surface area (Å²) in [7, 11) is 0. The molecule has 1 saturated heterocycles. The van der Waals surface area contributed by atoms with E-state index in [0.29, 0.717) is 17.4 Å². The number of nitrogens with one attached hydrogen (secondary N) is 1. The number of likely N-dealkylation sites (tertiary alicyclic amines) is 1. The van der Waals surface area contributed by atoms with Crippen molar-refractivity contribution in [1.82, 2.24) is 10.2 Å². The number of carbonyl (C=O) groups is 1. The topological polar surface area (TPSA) is 58.4 Å². The summed E-state index contributed by atoms with van der Waals surface area (Å²) in [4.78, 5) is 14.8. The molecule has 2 saturated carbocycles. The number of amides is 1. The molecule has 3 N–H and O–H groups in total. The third-order valence-electron chi connectivity index (χ3n) is 6.24. The predicted octanol–water partition coefficient (Wildman–Crippen LogP) is 1.88. The second-order valence-corrected chi connectivity index (χ2v) is 7.70. The molecule has 0 aromatic heterocycles. The Hall–Kier alpha value is -0.610. The van der Waals surface area contributed by atoms with Crippen molar-refractivity contribution in [3.05, 3.63) is 0 Å². The van der Waals surface area contributed by atoms with Crippen LogP contribution in [0.15, 0.2) is 0 Å². The van der Waals surface area contributed by atoms with Gasteiger partial charge in [-0.05, 0) is 62.8 Å². The maximum Gasteiger partial charge on any atom is 0.239 e. The number of hydrogen-bond donors (Lipinski definition) is 2. The monoisotopic (exact) mass is 293 g/mol. The van der Waals surface area contributed by atoms with Gasteiger partial charge >= 0.3 is 0 Å². The third-order valence-corrected chi connectivity index (χ3v) is 6.24. The maximum atomic E-state index is 12.3. The van der Waals surface area contributed by atoms with Gasteiger partial charge in [-0.2, -0.15) is 0 Å². The van der Waals surface area contributed by atoms with Crippen LogP contribution in [-0.4, -0.2) is 42.0 Å². The minimum Gasteiger partial charge on any atom is -0.368 e. The van der Waals surface area contributed by atoms with Gasteiger partial charge in [0.05, 0.1) is 0 Å². The van der Waals surface area contributed by atoms with Crippen LogP contribution in [0.4, 0.5) is 0 Å². The Morgan fingerprint density at radius 2 is 1.95 bits per heavy atom. The number of rotatable bonds is 8. The zero-order valence-electron chi connectivity index (χ0n) is 13.7. The molecule has 3 rings (SSSR count). The molecule has 2 aliphatic carbocycles. The first-order chi connectivity index (χ1) is 10.0. The highest BCUT2D eigenvalue weighted by Crippen LogP contribution is 2.44. The fourth-order valence-electron chi connectivity index (χ4n) is 4.15. The van der Waals surface area contributed by atoms with Gasteiger partial charge in [0.1, 0.15) is 5.54 Å². The van der Waals surface area contributed by atoms with Gasteiger partial charge in [0.2, 0.25) is 5.91 Å². The van der Waals surface area contributed by atoms with Gasteiger partial charge in [-0.3, -0.25) is 10.1 Å². The molecule has 4 nitrogen and oxygen atoms in total. The van der Waals surface area contributed by atoms with Crippen molar-refractivity contribution in [2.45, 2.75) is 70.4 Å². The molecule has 0 aromatic rings. The van der Waals surface area contributed by atoms with Crippen LogP contribution < -0.4 is 11.1 Å². The van der Waals surface area contributed by atoms with E-state index >= 15 is 0 Å². The second-order valence-electron chi connectivity index (χ2n) is 7.70. The Bertz CT molecular complexity index is 399. The SMILES string of the molecule is CCC1(CC)CCN(CC(NC2CC2)(C(N)=O)C2CC2)C1. The van der Waals surface area contributed by atoms with Gasteiger partial charge in [-0.15, -0.1) is 0 Å². The summed E-state index contributed by atoms with van der Waals surface area (Å²) in [6.45, 7) is 7.68. The molecular weight excluding hydrogens is 262 g/mol. The zero-order chi connectivity index (χ0) is 15.1. The van der Waals surface area contributed by atoms with Crippen molar-refractivity contribution >= 4 is 5.91 Å². The Labute approximate surface area is 128 Å². The zero-order valence-corrected chi connectivity index (χ0v) is 13.7. The fraction of sp³-hybridized carbons (Fsp3) is 0.941. The lowest BCUT2D eigenvalue weighted by Gasteiger charge is -2.37. The number of carbonyl (C=O) groups excluding carboxylic acids is 1. The normalized spacial score (nSPS) is 28.5. The number of nitrogens with two attached hydrogens (primary N) is 1. The highest BCUT2D eigenvalue weighted by atomic mass is 16.1. The van der Waals surface area contributed by atoms with Crippen molar-refractivity contribution in [3.63, 3.8) is 0 Å². The van der Waals surface area contributed by atoms with Crippen LogP contribution in [0.5, 0.6) is 0 Å². The van der Waals surface area contributed by atoms with Crippen LogP contribution in [0.3, 0.4) is 0 Å². The molecule has 1 unspecified atom stereocenters. The molecule has 1 amide bonds. The van der Waals surface area contributed by atoms with E-state index < -0.39 is 5.54 Å². The first-order valence-electron chi connectivity index (χ1n) is 8.83. The standard InChI is InChI=1S/C17H31N3O/c1-3-16(4-2)9-10-20(11-16)12-17(15(18)21,13-5-6-13)19-14-7-8-14/h13-14,19H,3-12H2,1-2H3,(H2,18,21). The van der Waals surface area contributed by atoms with Crippen LogP contribution in [-0.2, 0) is 4.79 Å². The lowest BCUT2D eigenvalue weighted by molar-refractivity contribution is -0.126. The van der Waals surface area contributed by atoms with Gasteiger partial charge in [0, 0.05) is 19.1 Å². The Morgan fingerprint density at radius 3 is 2.38 bits per heavy atom. The average Bonchev–Trinajstić information content (AvgIpc) is 3.37. The molecule has 0 radical (unpaired) electrons. The van der Waals surface area contributed by atoms with E-state index in [9.17, 15) is 4.79 Å². The van der Waals surface area contributed by atoms with Crippen LogP contribution in [0, 0.1) is 11.3 Å².